The normalized spacial score (nSPS) is 17.0. The highest BCUT2D eigenvalue weighted by atomic mass is 32.1. The molecule has 2 atom stereocenters. The van der Waals surface area contributed by atoms with Crippen LogP contribution in [0, 0.1) is 12.7 Å². The molecule has 3 heterocycles. The van der Waals surface area contributed by atoms with Gasteiger partial charge in [0.2, 0.25) is 11.9 Å². The molecule has 1 aromatic carbocycles. The summed E-state index contributed by atoms with van der Waals surface area (Å²) < 4.78 is 14.2. The van der Waals surface area contributed by atoms with Crippen LogP contribution in [0.15, 0.2) is 24.3 Å². The summed E-state index contributed by atoms with van der Waals surface area (Å²) >= 11 is 1.37. The van der Waals surface area contributed by atoms with E-state index in [-0.39, 0.29) is 41.4 Å². The van der Waals surface area contributed by atoms with E-state index in [2.05, 4.69) is 25.6 Å². The second-order valence-electron chi connectivity index (χ2n) is 7.64. The first-order valence-corrected chi connectivity index (χ1v) is 10.9. The number of hydrogen-bond acceptors (Lipinski definition) is 7. The Labute approximate surface area is 182 Å². The van der Waals surface area contributed by atoms with Crippen LogP contribution in [0.3, 0.4) is 0 Å². The maximum absolute atomic E-state index is 13.6. The van der Waals surface area contributed by atoms with E-state index in [9.17, 15) is 14.0 Å². The summed E-state index contributed by atoms with van der Waals surface area (Å²) in [7, 11) is 0. The molecular formula is C21H23FN6O2S. The smallest absolute Gasteiger partial charge is 0.274 e. The second kappa shape index (κ2) is 8.54. The molecule has 2 N–H and O–H groups in total. The molecule has 2 amide bonds. The number of carbonyl (C=O) groups excluding carboxylic acids is 2. The molecule has 0 bridgehead atoms. The fourth-order valence-electron chi connectivity index (χ4n) is 3.69. The number of carbonyl (C=O) groups is 2. The third kappa shape index (κ3) is 4.63. The Morgan fingerprint density at radius 2 is 2.10 bits per heavy atom. The van der Waals surface area contributed by atoms with Crippen LogP contribution in [0.1, 0.15) is 47.4 Å². The van der Waals surface area contributed by atoms with Gasteiger partial charge < -0.3 is 15.5 Å². The molecule has 3 aromatic rings. The Kier molecular flexibility index (Phi) is 5.81. The number of nitrogens with zero attached hydrogens (tertiary/aromatic N) is 4. The number of likely N-dealkylation sites (tertiary alicyclic amines) is 1. The lowest BCUT2D eigenvalue weighted by molar-refractivity contribution is -0.119. The van der Waals surface area contributed by atoms with Crippen molar-refractivity contribution in [3.05, 3.63) is 46.3 Å². The van der Waals surface area contributed by atoms with Gasteiger partial charge in [-0.15, -0.1) is 11.3 Å². The zero-order valence-electron chi connectivity index (χ0n) is 17.5. The van der Waals surface area contributed by atoms with E-state index in [0.717, 1.165) is 10.6 Å². The second-order valence-corrected chi connectivity index (χ2v) is 8.84. The van der Waals surface area contributed by atoms with Crippen molar-refractivity contribution in [1.82, 2.24) is 25.2 Å². The highest BCUT2D eigenvalue weighted by Crippen LogP contribution is 2.27. The minimum absolute atomic E-state index is 0.0624. The van der Waals surface area contributed by atoms with Crippen LogP contribution in [-0.2, 0) is 4.79 Å². The fraction of sp³-hybridized carbons (Fsp3) is 0.381. The van der Waals surface area contributed by atoms with E-state index in [4.69, 9.17) is 0 Å². The number of fused-ring (bicyclic) bond motifs is 1. The molecule has 0 radical (unpaired) electrons. The first-order chi connectivity index (χ1) is 14.8. The molecule has 0 unspecified atom stereocenters. The first-order valence-electron chi connectivity index (χ1n) is 10.0. The predicted octanol–water partition coefficient (Wildman–Crippen LogP) is 3.06. The number of aromatic nitrogens is 3. The maximum Gasteiger partial charge on any atom is 0.274 e. The Bertz CT molecular complexity index is 1150. The molecule has 1 fully saturated rings. The number of thiazole rings is 1. The van der Waals surface area contributed by atoms with Crippen LogP contribution in [0.5, 0.6) is 0 Å². The van der Waals surface area contributed by atoms with Gasteiger partial charge in [0.1, 0.15) is 10.5 Å². The lowest BCUT2D eigenvalue weighted by atomic mass is 10.1. The fourth-order valence-corrected chi connectivity index (χ4v) is 4.53. The van der Waals surface area contributed by atoms with E-state index in [0.29, 0.717) is 29.9 Å². The maximum atomic E-state index is 13.6. The number of nitrogens with one attached hydrogen (secondary N) is 2. The van der Waals surface area contributed by atoms with Crippen molar-refractivity contribution in [2.75, 3.05) is 18.4 Å². The third-order valence-electron chi connectivity index (χ3n) is 5.14. The van der Waals surface area contributed by atoms with Crippen molar-refractivity contribution in [2.45, 2.75) is 39.3 Å². The molecule has 0 spiro atoms. The van der Waals surface area contributed by atoms with Gasteiger partial charge in [-0.3, -0.25) is 9.59 Å². The molecule has 31 heavy (non-hydrogen) atoms. The number of hydrogen-bond donors (Lipinski definition) is 2. The summed E-state index contributed by atoms with van der Waals surface area (Å²) in [5.74, 6) is -0.392. The zero-order chi connectivity index (χ0) is 22.1. The molecule has 4 rings (SSSR count). The monoisotopic (exact) mass is 442 g/mol. The molecule has 8 nitrogen and oxygen atoms in total. The van der Waals surface area contributed by atoms with Gasteiger partial charge in [-0.05, 0) is 38.0 Å². The number of halogens is 1. The molecule has 1 aliphatic heterocycles. The molecule has 1 aliphatic rings. The van der Waals surface area contributed by atoms with Crippen molar-refractivity contribution < 1.29 is 14.0 Å². The molecule has 0 aliphatic carbocycles. The molecular weight excluding hydrogens is 419 g/mol. The average molecular weight is 443 g/mol. The third-order valence-corrected chi connectivity index (χ3v) is 6.11. The van der Waals surface area contributed by atoms with Gasteiger partial charge in [-0.2, -0.15) is 4.98 Å². The lowest BCUT2D eigenvalue weighted by Crippen LogP contribution is -2.37. The largest absolute Gasteiger partial charge is 0.352 e. The van der Waals surface area contributed by atoms with Gasteiger partial charge in [0.25, 0.3) is 5.91 Å². The van der Waals surface area contributed by atoms with Gasteiger partial charge in [-0.25, -0.2) is 14.4 Å². The van der Waals surface area contributed by atoms with Gasteiger partial charge in [-0.1, -0.05) is 12.1 Å². The summed E-state index contributed by atoms with van der Waals surface area (Å²) in [4.78, 5) is 39.7. The van der Waals surface area contributed by atoms with E-state index >= 15 is 0 Å². The zero-order valence-corrected chi connectivity index (χ0v) is 18.3. The summed E-state index contributed by atoms with van der Waals surface area (Å²) in [6, 6.07) is 5.95. The van der Waals surface area contributed by atoms with Gasteiger partial charge >= 0.3 is 0 Å². The molecule has 2 aromatic heterocycles. The highest BCUT2D eigenvalue weighted by Gasteiger charge is 2.30. The highest BCUT2D eigenvalue weighted by molar-refractivity contribution is 7.18. The quantitative estimate of drug-likeness (QED) is 0.630. The summed E-state index contributed by atoms with van der Waals surface area (Å²) in [6.07, 6.45) is 0.697. The lowest BCUT2D eigenvalue weighted by Gasteiger charge is -2.18. The average Bonchev–Trinajstić information content (AvgIpc) is 3.32. The number of benzene rings is 1. The van der Waals surface area contributed by atoms with Crippen LogP contribution >= 0.6 is 11.3 Å². The Morgan fingerprint density at radius 3 is 2.84 bits per heavy atom. The summed E-state index contributed by atoms with van der Waals surface area (Å²) in [5.41, 5.74) is 1.48. The van der Waals surface area contributed by atoms with Crippen LogP contribution < -0.4 is 10.6 Å². The van der Waals surface area contributed by atoms with E-state index in [1.165, 1.54) is 30.4 Å². The molecule has 162 valence electrons. The van der Waals surface area contributed by atoms with Crippen molar-refractivity contribution in [1.29, 1.82) is 0 Å². The number of anilines is 1. The van der Waals surface area contributed by atoms with Crippen molar-refractivity contribution in [3.8, 4) is 0 Å². The minimum atomic E-state index is -0.323. The topological polar surface area (TPSA) is 100 Å². The Balaban J connectivity index is 1.62. The van der Waals surface area contributed by atoms with E-state index in [1.807, 2.05) is 19.9 Å². The number of rotatable bonds is 5. The van der Waals surface area contributed by atoms with Crippen LogP contribution in [-0.4, -0.2) is 50.8 Å². The van der Waals surface area contributed by atoms with Crippen LogP contribution in [0.4, 0.5) is 10.3 Å². The van der Waals surface area contributed by atoms with Crippen molar-refractivity contribution >= 4 is 39.4 Å². The number of aryl methyl sites for hydroxylation is 1. The minimum Gasteiger partial charge on any atom is -0.352 e. The SMILES string of the molecule is CC(=O)N[C@@H]1CCN(C(=O)c2nc(N[C@@H](C)c3cccc(F)c3)nc3nc(C)sc23)C1. The van der Waals surface area contributed by atoms with Gasteiger partial charge in [0.05, 0.1) is 11.0 Å². The summed E-state index contributed by atoms with van der Waals surface area (Å²) in [5, 5.41) is 6.80. The van der Waals surface area contributed by atoms with Crippen LogP contribution in [0.25, 0.3) is 10.3 Å². The van der Waals surface area contributed by atoms with Gasteiger partial charge in [0, 0.05) is 26.1 Å². The number of amides is 2. The molecule has 10 heteroatoms. The van der Waals surface area contributed by atoms with E-state index < -0.39 is 0 Å². The van der Waals surface area contributed by atoms with Crippen molar-refractivity contribution in [2.24, 2.45) is 0 Å². The predicted molar refractivity (Wildman–Crippen MR) is 117 cm³/mol. The Morgan fingerprint density at radius 1 is 1.29 bits per heavy atom. The van der Waals surface area contributed by atoms with E-state index in [1.54, 1.807) is 11.0 Å². The molecule has 1 saturated heterocycles. The van der Waals surface area contributed by atoms with Gasteiger partial charge in [0.15, 0.2) is 11.3 Å². The summed E-state index contributed by atoms with van der Waals surface area (Å²) in [6.45, 7) is 6.16. The Hall–Kier alpha value is -3.14. The van der Waals surface area contributed by atoms with Crippen LogP contribution in [0.2, 0.25) is 0 Å². The first kappa shape index (κ1) is 21.1. The van der Waals surface area contributed by atoms with Crippen molar-refractivity contribution in [3.63, 3.8) is 0 Å². The standard InChI is InChI=1S/C21H23FN6O2S/c1-11(14-5-4-6-15(22)9-14)23-21-26-17(18-19(27-21)25-13(3)31-18)20(30)28-8-7-16(10-28)24-12(2)29/h4-6,9,11,16H,7-8,10H2,1-3H3,(H,24,29)(H,23,26,27)/t11-,16+/m0/s1. The molecule has 0 saturated carbocycles.